The molecule has 3 aromatic rings. The van der Waals surface area contributed by atoms with Crippen LogP contribution in [0.3, 0.4) is 0 Å². The third kappa shape index (κ3) is 4.12. The number of amides is 3. The fourth-order valence-electron chi connectivity index (χ4n) is 2.69. The van der Waals surface area contributed by atoms with E-state index in [-0.39, 0.29) is 26.9 Å². The zero-order valence-corrected chi connectivity index (χ0v) is 15.1. The van der Waals surface area contributed by atoms with Gasteiger partial charge >= 0.3 is 12.1 Å². The number of benzene rings is 1. The van der Waals surface area contributed by atoms with Crippen molar-refractivity contribution in [3.8, 4) is 0 Å². The quantitative estimate of drug-likeness (QED) is 0.472. The fourth-order valence-corrected chi connectivity index (χ4v) is 2.69. The van der Waals surface area contributed by atoms with Crippen LogP contribution in [0.25, 0.3) is 11.2 Å². The zero-order chi connectivity index (χ0) is 21.0. The summed E-state index contributed by atoms with van der Waals surface area (Å²) in [5.74, 6) is 9.50. The minimum atomic E-state index is -1.67. The Morgan fingerprint density at radius 3 is 2.55 bits per heavy atom. The first-order valence-corrected chi connectivity index (χ1v) is 8.61. The molecule has 0 aliphatic carbocycles. The summed E-state index contributed by atoms with van der Waals surface area (Å²) in [7, 11) is 0. The number of halogens is 1. The number of fused-ring (bicyclic) bond motifs is 1. The molecule has 3 rings (SSSR count). The topological polar surface area (TPSA) is 153 Å². The number of carbonyl (C=O) groups excluding carboxylic acids is 1. The third-order valence-electron chi connectivity index (χ3n) is 4.08. The lowest BCUT2D eigenvalue weighted by molar-refractivity contribution is 0.200. The zero-order valence-electron chi connectivity index (χ0n) is 15.1. The molecule has 29 heavy (non-hydrogen) atoms. The molecule has 0 aliphatic heterocycles. The standard InChI is InChI=1S/C17H17FN8O3/c18-11-3-5-12(6-4-11)25(17(28)29)16(27)26(20)15-13-14(21-9-22-15)24(10-23-13)8-2-1-7-19/h3-6,9-10H,1-2,7-8,19H2,(H,28,29). The van der Waals surface area contributed by atoms with Gasteiger partial charge in [-0.05, 0) is 43.7 Å². The maximum Gasteiger partial charge on any atom is 0.420 e. The Labute approximate surface area is 164 Å². The molecular formula is C17H17FN8O3. The Bertz CT molecular complexity index is 1020. The molecular weight excluding hydrogens is 383 g/mol. The van der Waals surface area contributed by atoms with Crippen LogP contribution >= 0.6 is 0 Å². The van der Waals surface area contributed by atoms with Crippen LogP contribution in [0.4, 0.5) is 25.5 Å². The lowest BCUT2D eigenvalue weighted by Gasteiger charge is -2.21. The van der Waals surface area contributed by atoms with E-state index in [2.05, 4.69) is 15.0 Å². The molecule has 3 amide bonds. The van der Waals surface area contributed by atoms with E-state index < -0.39 is 17.9 Å². The van der Waals surface area contributed by atoms with Gasteiger partial charge in [0.15, 0.2) is 17.0 Å². The van der Waals surface area contributed by atoms with Crippen LogP contribution in [0.15, 0.2) is 36.9 Å². The van der Waals surface area contributed by atoms with Gasteiger partial charge in [-0.1, -0.05) is 0 Å². The number of nitrogens with zero attached hydrogens (tertiary/aromatic N) is 7. The second kappa shape index (κ2) is 8.58. The Kier molecular flexibility index (Phi) is 5.95. The molecule has 2 radical (unpaired) electrons. The minimum absolute atomic E-state index is 0.0682. The van der Waals surface area contributed by atoms with Gasteiger partial charge in [-0.2, -0.15) is 9.91 Å². The number of urea groups is 1. The molecule has 0 bridgehead atoms. The first kappa shape index (κ1) is 20.1. The van der Waals surface area contributed by atoms with Crippen LogP contribution in [-0.4, -0.2) is 43.3 Å². The Hall–Kier alpha value is -3.64. The summed E-state index contributed by atoms with van der Waals surface area (Å²) in [4.78, 5) is 36.6. The smallest absolute Gasteiger partial charge is 0.420 e. The first-order valence-electron chi connectivity index (χ1n) is 8.61. The van der Waals surface area contributed by atoms with Gasteiger partial charge in [0.25, 0.3) is 0 Å². The van der Waals surface area contributed by atoms with Crippen LogP contribution in [0.1, 0.15) is 12.8 Å². The second-order valence-electron chi connectivity index (χ2n) is 5.99. The molecule has 0 atom stereocenters. The summed E-state index contributed by atoms with van der Waals surface area (Å²) >= 11 is 0. The van der Waals surface area contributed by atoms with E-state index in [1.165, 1.54) is 6.33 Å². The number of aryl methyl sites for hydroxylation is 1. The summed E-state index contributed by atoms with van der Waals surface area (Å²) in [6.45, 7) is 1.11. The number of rotatable bonds is 6. The van der Waals surface area contributed by atoms with Crippen molar-refractivity contribution in [3.05, 3.63) is 42.7 Å². The lowest BCUT2D eigenvalue weighted by Crippen LogP contribution is -2.46. The lowest BCUT2D eigenvalue weighted by atomic mass is 10.3. The van der Waals surface area contributed by atoms with Crippen molar-refractivity contribution in [1.82, 2.24) is 25.4 Å². The molecule has 11 nitrogen and oxygen atoms in total. The van der Waals surface area contributed by atoms with Crippen LogP contribution in [0.5, 0.6) is 0 Å². The van der Waals surface area contributed by atoms with Gasteiger partial charge < -0.3 is 15.4 Å². The van der Waals surface area contributed by atoms with Gasteiger partial charge in [0, 0.05) is 12.4 Å². The van der Waals surface area contributed by atoms with Crippen molar-refractivity contribution in [3.63, 3.8) is 0 Å². The first-order chi connectivity index (χ1) is 13.9. The predicted octanol–water partition coefficient (Wildman–Crippen LogP) is 1.80. The van der Waals surface area contributed by atoms with E-state index in [0.29, 0.717) is 18.7 Å². The van der Waals surface area contributed by atoms with Gasteiger partial charge in [0.1, 0.15) is 12.1 Å². The summed E-state index contributed by atoms with van der Waals surface area (Å²) in [5.41, 5.74) is 5.81. The third-order valence-corrected chi connectivity index (χ3v) is 4.08. The molecule has 0 spiro atoms. The summed E-state index contributed by atoms with van der Waals surface area (Å²) in [6.07, 6.45) is 2.51. The Morgan fingerprint density at radius 1 is 1.17 bits per heavy atom. The fraction of sp³-hybridized carbons (Fsp3) is 0.235. The highest BCUT2D eigenvalue weighted by molar-refractivity contribution is 6.17. The number of imide groups is 1. The minimum Gasteiger partial charge on any atom is -0.464 e. The SMILES string of the molecule is [N]N(C(=O)N(C(=O)O)c1ccc(F)cc1)c1ncnc2c1ncn2CCCCN. The van der Waals surface area contributed by atoms with Gasteiger partial charge in [0.05, 0.1) is 12.0 Å². The maximum absolute atomic E-state index is 13.1. The van der Waals surface area contributed by atoms with Gasteiger partial charge in [-0.3, -0.25) is 0 Å². The number of carboxylic acid groups (broad SMARTS) is 1. The van der Waals surface area contributed by atoms with Gasteiger partial charge in [-0.15, -0.1) is 0 Å². The van der Waals surface area contributed by atoms with Crippen molar-refractivity contribution in [2.24, 2.45) is 5.73 Å². The van der Waals surface area contributed by atoms with Crippen molar-refractivity contribution in [1.29, 1.82) is 0 Å². The number of imidazole rings is 1. The number of hydrogen-bond donors (Lipinski definition) is 2. The number of hydrogen-bond acceptors (Lipinski definition) is 6. The number of aromatic nitrogens is 4. The van der Waals surface area contributed by atoms with E-state index >= 15 is 0 Å². The molecule has 0 saturated carbocycles. The number of nitrogens with two attached hydrogens (primary N) is 1. The molecule has 1 aromatic carbocycles. The molecule has 150 valence electrons. The van der Waals surface area contributed by atoms with Crippen molar-refractivity contribution in [2.75, 3.05) is 16.5 Å². The molecule has 2 heterocycles. The summed E-state index contributed by atoms with van der Waals surface area (Å²) in [5, 5.41) is 9.48. The summed E-state index contributed by atoms with van der Waals surface area (Å²) < 4.78 is 14.8. The van der Waals surface area contributed by atoms with E-state index in [9.17, 15) is 24.9 Å². The maximum atomic E-state index is 13.1. The van der Waals surface area contributed by atoms with Crippen molar-refractivity contribution >= 4 is 34.8 Å². The highest BCUT2D eigenvalue weighted by atomic mass is 19.1. The van der Waals surface area contributed by atoms with Crippen LogP contribution < -0.4 is 21.5 Å². The molecule has 12 heteroatoms. The predicted molar refractivity (Wildman–Crippen MR) is 101 cm³/mol. The average Bonchev–Trinajstić information content (AvgIpc) is 3.12. The second-order valence-corrected chi connectivity index (χ2v) is 5.99. The normalized spacial score (nSPS) is 10.9. The van der Waals surface area contributed by atoms with E-state index in [4.69, 9.17) is 5.73 Å². The average molecular weight is 400 g/mol. The van der Waals surface area contributed by atoms with Crippen LogP contribution in [0, 0.1) is 5.82 Å². The van der Waals surface area contributed by atoms with E-state index in [0.717, 1.165) is 43.4 Å². The Balaban J connectivity index is 1.93. The number of unbranched alkanes of at least 4 members (excludes halogenated alkanes) is 1. The van der Waals surface area contributed by atoms with Crippen LogP contribution in [-0.2, 0) is 6.54 Å². The molecule has 0 fully saturated rings. The highest BCUT2D eigenvalue weighted by Gasteiger charge is 2.31. The van der Waals surface area contributed by atoms with Crippen molar-refractivity contribution < 1.29 is 19.1 Å². The largest absolute Gasteiger partial charge is 0.464 e. The Morgan fingerprint density at radius 2 is 1.90 bits per heavy atom. The van der Waals surface area contributed by atoms with E-state index in [1.54, 1.807) is 4.57 Å². The summed E-state index contributed by atoms with van der Waals surface area (Å²) in [6, 6.07) is 2.84. The highest BCUT2D eigenvalue weighted by Crippen LogP contribution is 2.23. The van der Waals surface area contributed by atoms with E-state index in [1.807, 2.05) is 0 Å². The number of anilines is 2. The molecule has 0 unspecified atom stereocenters. The number of carbonyl (C=O) groups is 2. The van der Waals surface area contributed by atoms with Crippen LogP contribution in [0.2, 0.25) is 0 Å². The van der Waals surface area contributed by atoms with Gasteiger partial charge in [0.2, 0.25) is 0 Å². The molecule has 3 N–H and O–H groups in total. The molecule has 2 aromatic heterocycles. The monoisotopic (exact) mass is 400 g/mol. The molecule has 0 aliphatic rings. The van der Waals surface area contributed by atoms with Crippen molar-refractivity contribution in [2.45, 2.75) is 19.4 Å². The van der Waals surface area contributed by atoms with Gasteiger partial charge in [-0.25, -0.2) is 28.9 Å². The molecule has 0 saturated heterocycles.